The summed E-state index contributed by atoms with van der Waals surface area (Å²) in [6.45, 7) is 3.93. The van der Waals surface area contributed by atoms with Gasteiger partial charge in [-0.05, 0) is 38.4 Å². The van der Waals surface area contributed by atoms with Crippen LogP contribution >= 0.6 is 12.4 Å². The number of hydrogen-bond acceptors (Lipinski definition) is 5. The highest BCUT2D eigenvalue weighted by molar-refractivity contribution is 7.89. The van der Waals surface area contributed by atoms with Crippen molar-refractivity contribution in [3.05, 3.63) is 34.4 Å². The molecule has 23 heavy (non-hydrogen) atoms. The van der Waals surface area contributed by atoms with Gasteiger partial charge in [-0.1, -0.05) is 13.0 Å². The highest BCUT2D eigenvalue weighted by atomic mass is 35.5. The van der Waals surface area contributed by atoms with Gasteiger partial charge in [0.05, 0.1) is 9.82 Å². The highest BCUT2D eigenvalue weighted by Crippen LogP contribution is 2.25. The summed E-state index contributed by atoms with van der Waals surface area (Å²) in [5.74, 6) is 0. The van der Waals surface area contributed by atoms with Crippen molar-refractivity contribution in [3.63, 3.8) is 0 Å². The molecule has 0 unspecified atom stereocenters. The number of nitrogens with zero attached hydrogens (tertiary/aromatic N) is 2. The second-order valence-corrected chi connectivity index (χ2v) is 7.24. The fourth-order valence-electron chi connectivity index (χ4n) is 2.71. The van der Waals surface area contributed by atoms with Gasteiger partial charge in [-0.3, -0.25) is 10.1 Å². The summed E-state index contributed by atoms with van der Waals surface area (Å²) in [5, 5.41) is 14.1. The maximum absolute atomic E-state index is 12.9. The van der Waals surface area contributed by atoms with Crippen molar-refractivity contribution < 1.29 is 13.3 Å². The van der Waals surface area contributed by atoms with E-state index in [2.05, 4.69) is 5.32 Å². The molecule has 1 fully saturated rings. The van der Waals surface area contributed by atoms with Crippen LogP contribution in [0.2, 0.25) is 0 Å². The molecular weight excluding hydrogens is 342 g/mol. The summed E-state index contributed by atoms with van der Waals surface area (Å²) < 4.78 is 27.3. The number of nitro groups is 1. The molecule has 0 saturated carbocycles. The van der Waals surface area contributed by atoms with Gasteiger partial charge < -0.3 is 5.32 Å². The molecule has 0 aromatic heterocycles. The number of hydrogen-bond donors (Lipinski definition) is 1. The van der Waals surface area contributed by atoms with Crippen LogP contribution in [0.4, 0.5) is 5.69 Å². The molecular formula is C14H22ClN3O4S. The van der Waals surface area contributed by atoms with Crippen LogP contribution in [0.3, 0.4) is 0 Å². The summed E-state index contributed by atoms with van der Waals surface area (Å²) in [6.07, 6.45) is 2.22. The van der Waals surface area contributed by atoms with E-state index in [0.717, 1.165) is 32.0 Å². The largest absolute Gasteiger partial charge is 0.317 e. The van der Waals surface area contributed by atoms with Gasteiger partial charge in [-0.15, -0.1) is 12.4 Å². The molecule has 0 spiro atoms. The molecule has 0 bridgehead atoms. The molecule has 0 aliphatic carbocycles. The second kappa shape index (κ2) is 8.58. The molecule has 0 amide bonds. The van der Waals surface area contributed by atoms with E-state index in [4.69, 9.17) is 0 Å². The van der Waals surface area contributed by atoms with Crippen molar-refractivity contribution in [2.24, 2.45) is 0 Å². The van der Waals surface area contributed by atoms with Crippen LogP contribution in [0.25, 0.3) is 0 Å². The normalized spacial score (nSPS) is 16.1. The number of piperidine rings is 1. The molecule has 7 nitrogen and oxygen atoms in total. The average molecular weight is 364 g/mol. The first kappa shape index (κ1) is 19.8. The topological polar surface area (TPSA) is 92.6 Å². The van der Waals surface area contributed by atoms with Gasteiger partial charge in [0.25, 0.3) is 5.69 Å². The van der Waals surface area contributed by atoms with Crippen LogP contribution in [0.5, 0.6) is 0 Å². The highest BCUT2D eigenvalue weighted by Gasteiger charge is 2.32. The SMILES string of the molecule is CCCN(C1CCNCC1)S(=O)(=O)c1cccc([N+](=O)[O-])c1.Cl. The molecule has 1 aromatic carbocycles. The van der Waals surface area contributed by atoms with Crippen molar-refractivity contribution in [2.45, 2.75) is 37.1 Å². The first-order valence-corrected chi connectivity index (χ1v) is 8.88. The maximum atomic E-state index is 12.9. The minimum Gasteiger partial charge on any atom is -0.317 e. The Labute approximate surface area is 142 Å². The lowest BCUT2D eigenvalue weighted by molar-refractivity contribution is -0.385. The minimum absolute atomic E-state index is 0. The Bertz CT molecular complexity index is 633. The van der Waals surface area contributed by atoms with Crippen molar-refractivity contribution >= 4 is 28.1 Å². The first-order valence-electron chi connectivity index (χ1n) is 7.44. The standard InChI is InChI=1S/C14H21N3O4S.ClH/c1-2-10-16(12-6-8-15-9-7-12)22(20,21)14-5-3-4-13(11-14)17(18)19;/h3-5,11-12,15H,2,6-10H2,1H3;1H. The lowest BCUT2D eigenvalue weighted by Gasteiger charge is -2.33. The average Bonchev–Trinajstić information content (AvgIpc) is 2.53. The van der Waals surface area contributed by atoms with Gasteiger partial charge in [-0.2, -0.15) is 4.31 Å². The molecule has 1 saturated heterocycles. The van der Waals surface area contributed by atoms with Crippen LogP contribution in [0, 0.1) is 10.1 Å². The van der Waals surface area contributed by atoms with Crippen molar-refractivity contribution in [3.8, 4) is 0 Å². The molecule has 130 valence electrons. The molecule has 1 aliphatic rings. The molecule has 1 aromatic rings. The Morgan fingerprint density at radius 3 is 2.57 bits per heavy atom. The summed E-state index contributed by atoms with van der Waals surface area (Å²) >= 11 is 0. The summed E-state index contributed by atoms with van der Waals surface area (Å²) in [4.78, 5) is 10.3. The molecule has 0 atom stereocenters. The van der Waals surface area contributed by atoms with Crippen molar-refractivity contribution in [1.82, 2.24) is 9.62 Å². The number of nitro benzene ring substituents is 1. The van der Waals surface area contributed by atoms with Gasteiger partial charge in [0.1, 0.15) is 0 Å². The van der Waals surface area contributed by atoms with E-state index < -0.39 is 14.9 Å². The molecule has 1 heterocycles. The molecule has 0 radical (unpaired) electrons. The third-order valence-electron chi connectivity index (χ3n) is 3.79. The van der Waals surface area contributed by atoms with E-state index in [0.29, 0.717) is 13.0 Å². The van der Waals surface area contributed by atoms with Gasteiger partial charge in [0.2, 0.25) is 10.0 Å². The quantitative estimate of drug-likeness (QED) is 0.617. The van der Waals surface area contributed by atoms with E-state index >= 15 is 0 Å². The first-order chi connectivity index (χ1) is 10.5. The van der Waals surface area contributed by atoms with Crippen LogP contribution in [0.1, 0.15) is 26.2 Å². The number of rotatable bonds is 6. The lowest BCUT2D eigenvalue weighted by Crippen LogP contribution is -2.46. The van der Waals surface area contributed by atoms with E-state index in [1.165, 1.54) is 22.5 Å². The second-order valence-electron chi connectivity index (χ2n) is 5.35. The molecule has 9 heteroatoms. The zero-order valence-corrected chi connectivity index (χ0v) is 14.6. The van der Waals surface area contributed by atoms with Gasteiger partial charge in [-0.25, -0.2) is 8.42 Å². The van der Waals surface area contributed by atoms with Crippen LogP contribution in [-0.2, 0) is 10.0 Å². The van der Waals surface area contributed by atoms with Crippen LogP contribution in [0.15, 0.2) is 29.2 Å². The van der Waals surface area contributed by atoms with Crippen LogP contribution < -0.4 is 5.32 Å². The van der Waals surface area contributed by atoms with E-state index in [1.54, 1.807) is 0 Å². The Balaban J connectivity index is 0.00000264. The summed E-state index contributed by atoms with van der Waals surface area (Å²) in [7, 11) is -3.72. The number of non-ortho nitro benzene ring substituents is 1. The van der Waals surface area contributed by atoms with Gasteiger partial charge >= 0.3 is 0 Å². The van der Waals surface area contributed by atoms with E-state index in [1.807, 2.05) is 6.92 Å². The van der Waals surface area contributed by atoms with E-state index in [9.17, 15) is 18.5 Å². The zero-order chi connectivity index (χ0) is 16.2. The third kappa shape index (κ3) is 4.63. The smallest absolute Gasteiger partial charge is 0.270 e. The van der Waals surface area contributed by atoms with Crippen molar-refractivity contribution in [2.75, 3.05) is 19.6 Å². The van der Waals surface area contributed by atoms with Crippen molar-refractivity contribution in [1.29, 1.82) is 0 Å². The van der Waals surface area contributed by atoms with E-state index in [-0.39, 0.29) is 29.0 Å². The maximum Gasteiger partial charge on any atom is 0.270 e. The lowest BCUT2D eigenvalue weighted by atomic mass is 10.1. The Morgan fingerprint density at radius 1 is 1.35 bits per heavy atom. The number of sulfonamides is 1. The molecule has 1 N–H and O–H groups in total. The summed E-state index contributed by atoms with van der Waals surface area (Å²) in [6, 6.07) is 5.22. The van der Waals surface area contributed by atoms with Crippen LogP contribution in [-0.4, -0.2) is 43.3 Å². The fraction of sp³-hybridized carbons (Fsp3) is 0.571. The Morgan fingerprint density at radius 2 is 2.00 bits per heavy atom. The monoisotopic (exact) mass is 363 g/mol. The minimum atomic E-state index is -3.72. The third-order valence-corrected chi connectivity index (χ3v) is 5.74. The predicted molar refractivity (Wildman–Crippen MR) is 90.4 cm³/mol. The fourth-order valence-corrected chi connectivity index (χ4v) is 4.52. The van der Waals surface area contributed by atoms with Gasteiger partial charge in [0, 0.05) is 24.7 Å². The number of halogens is 1. The predicted octanol–water partition coefficient (Wildman–Crippen LogP) is 2.17. The zero-order valence-electron chi connectivity index (χ0n) is 13.0. The molecule has 1 aliphatic heterocycles. The Kier molecular flexibility index (Phi) is 7.40. The van der Waals surface area contributed by atoms with Gasteiger partial charge in [0.15, 0.2) is 0 Å². The Hall–Kier alpha value is -1.22. The number of nitrogens with one attached hydrogen (secondary N) is 1. The summed E-state index contributed by atoms with van der Waals surface area (Å²) in [5.41, 5.74) is -0.206. The number of benzene rings is 1. The molecule has 2 rings (SSSR count).